The molecule has 0 saturated heterocycles. The Labute approximate surface area is 241 Å². The van der Waals surface area contributed by atoms with E-state index in [2.05, 4.69) is 58.5 Å². The zero-order valence-corrected chi connectivity index (χ0v) is 24.1. The first-order valence-corrected chi connectivity index (χ1v) is 15.2. The molecule has 6 nitrogen and oxygen atoms in total. The van der Waals surface area contributed by atoms with Gasteiger partial charge in [0.15, 0.2) is 0 Å². The summed E-state index contributed by atoms with van der Waals surface area (Å²) in [5, 5.41) is 8.66. The Hall–Kier alpha value is -3.28. The number of carboxylic acids is 1. The summed E-state index contributed by atoms with van der Waals surface area (Å²) < 4.78 is 4.71. The van der Waals surface area contributed by atoms with E-state index in [4.69, 9.17) is 9.84 Å². The van der Waals surface area contributed by atoms with Gasteiger partial charge in [-0.15, -0.1) is 0 Å². The molecule has 0 amide bonds. The average molecular weight is 549 g/mol. The van der Waals surface area contributed by atoms with E-state index in [0.29, 0.717) is 19.5 Å². The first-order chi connectivity index (χ1) is 19.7. The van der Waals surface area contributed by atoms with Crippen LogP contribution in [0.2, 0.25) is 0 Å². The molecule has 40 heavy (non-hydrogen) atoms. The number of aryl methyl sites for hydroxylation is 2. The van der Waals surface area contributed by atoms with E-state index in [1.807, 2.05) is 12.4 Å². The lowest BCUT2D eigenvalue weighted by atomic mass is 10.1. The molecule has 0 atom stereocenters. The average Bonchev–Trinajstić information content (AvgIpc) is 2.96. The van der Waals surface area contributed by atoms with Crippen LogP contribution in [0.3, 0.4) is 0 Å². The predicted molar refractivity (Wildman–Crippen MR) is 162 cm³/mol. The number of nitrogens with zero attached hydrogens (tertiary/aromatic N) is 2. The van der Waals surface area contributed by atoms with Crippen LogP contribution in [0, 0.1) is 0 Å². The van der Waals surface area contributed by atoms with Gasteiger partial charge >= 0.3 is 5.97 Å². The fourth-order valence-corrected chi connectivity index (χ4v) is 4.61. The normalized spacial score (nSPS) is 11.4. The number of carbonyl (C=O) groups excluding carboxylic acids is 1. The molecule has 2 heterocycles. The smallest absolute Gasteiger partial charge is 0.303 e. The molecule has 0 unspecified atom stereocenters. The minimum atomic E-state index is -0.691. The van der Waals surface area contributed by atoms with Crippen LogP contribution in [-0.4, -0.2) is 34.1 Å². The second-order valence-corrected chi connectivity index (χ2v) is 10.3. The summed E-state index contributed by atoms with van der Waals surface area (Å²) >= 11 is 0. The lowest BCUT2D eigenvalue weighted by Gasteiger charge is -2.05. The molecular weight excluding hydrogens is 500 g/mol. The largest absolute Gasteiger partial charge is 0.481 e. The van der Waals surface area contributed by atoms with Crippen LogP contribution >= 0.6 is 0 Å². The van der Waals surface area contributed by atoms with Gasteiger partial charge in [0.05, 0.1) is 18.0 Å². The number of carboxylic acid groups (broad SMARTS) is 1. The number of hydrogen-bond donors (Lipinski definition) is 1. The molecule has 1 N–H and O–H groups in total. The van der Waals surface area contributed by atoms with Gasteiger partial charge in [-0.2, -0.15) is 0 Å². The third-order valence-electron chi connectivity index (χ3n) is 6.91. The highest BCUT2D eigenvalue weighted by Crippen LogP contribution is 2.19. The number of pyridine rings is 2. The summed E-state index contributed by atoms with van der Waals surface area (Å²) in [6.45, 7) is 1.07. The van der Waals surface area contributed by atoms with Gasteiger partial charge in [0.1, 0.15) is 0 Å². The molecule has 0 radical (unpaired) electrons. The summed E-state index contributed by atoms with van der Waals surface area (Å²) in [6, 6.07) is 8.50. The van der Waals surface area contributed by atoms with Crippen molar-refractivity contribution >= 4 is 12.4 Å². The molecule has 0 spiro atoms. The SMILES string of the molecule is O=COCCCCCCCC=CCCc1ccnc(-c2cc(CCC=CCCCCCCCC(=O)O)ccn2)c1. The maximum absolute atomic E-state index is 10.5. The van der Waals surface area contributed by atoms with Gasteiger partial charge in [0, 0.05) is 18.8 Å². The van der Waals surface area contributed by atoms with E-state index in [-0.39, 0.29) is 0 Å². The Morgan fingerprint density at radius 1 is 0.675 bits per heavy atom. The number of hydrogen-bond acceptors (Lipinski definition) is 5. The number of aliphatic carboxylic acids is 1. The Kier molecular flexibility index (Phi) is 18.5. The van der Waals surface area contributed by atoms with Crippen molar-refractivity contribution in [1.29, 1.82) is 0 Å². The summed E-state index contributed by atoms with van der Waals surface area (Å²) in [5.74, 6) is -0.691. The zero-order chi connectivity index (χ0) is 28.5. The van der Waals surface area contributed by atoms with Crippen molar-refractivity contribution in [3.05, 3.63) is 72.1 Å². The Bertz CT molecular complexity index is 1020. The highest BCUT2D eigenvalue weighted by Gasteiger charge is 2.04. The molecule has 6 heteroatoms. The van der Waals surface area contributed by atoms with Gasteiger partial charge in [0.25, 0.3) is 6.47 Å². The quantitative estimate of drug-likeness (QED) is 0.0804. The second kappa shape index (κ2) is 22.5. The van der Waals surface area contributed by atoms with E-state index in [0.717, 1.165) is 82.0 Å². The number of ether oxygens (including phenoxy) is 1. The summed E-state index contributed by atoms with van der Waals surface area (Å²) in [7, 11) is 0. The maximum Gasteiger partial charge on any atom is 0.303 e. The van der Waals surface area contributed by atoms with Crippen molar-refractivity contribution < 1.29 is 19.4 Å². The first-order valence-electron chi connectivity index (χ1n) is 15.2. The van der Waals surface area contributed by atoms with Gasteiger partial charge in [-0.3, -0.25) is 19.6 Å². The van der Waals surface area contributed by atoms with Crippen molar-refractivity contribution in [2.45, 2.75) is 109 Å². The van der Waals surface area contributed by atoms with Crippen molar-refractivity contribution in [2.75, 3.05) is 6.61 Å². The Morgan fingerprint density at radius 3 is 1.68 bits per heavy atom. The highest BCUT2D eigenvalue weighted by atomic mass is 16.5. The molecular formula is C34H48N2O4. The molecule has 218 valence electrons. The number of unbranched alkanes of at least 4 members (excludes halogenated alkanes) is 10. The minimum Gasteiger partial charge on any atom is -0.481 e. The monoisotopic (exact) mass is 548 g/mol. The standard InChI is InChI=1S/C34H48N2O4/c37-29-40-26-18-14-10-6-2-4-8-12-16-20-31-23-25-36-33(28-31)32-27-30(22-24-35-32)19-15-11-7-3-1-5-9-13-17-21-34(38)39/h7-8,11-12,22-25,27-29H,1-6,9-10,13-21,26H2,(H,38,39). The summed E-state index contributed by atoms with van der Waals surface area (Å²) in [5.41, 5.74) is 4.42. The summed E-state index contributed by atoms with van der Waals surface area (Å²) in [6.07, 6.45) is 30.4. The predicted octanol–water partition coefficient (Wildman–Crippen LogP) is 8.45. The van der Waals surface area contributed by atoms with Crippen LogP contribution in [0.15, 0.2) is 61.0 Å². The van der Waals surface area contributed by atoms with Crippen molar-refractivity contribution in [3.8, 4) is 11.4 Å². The third kappa shape index (κ3) is 16.6. The molecule has 0 aromatic carbocycles. The van der Waals surface area contributed by atoms with Crippen LogP contribution in [0.4, 0.5) is 0 Å². The van der Waals surface area contributed by atoms with Crippen LogP contribution in [0.5, 0.6) is 0 Å². The van der Waals surface area contributed by atoms with Gasteiger partial charge < -0.3 is 9.84 Å². The van der Waals surface area contributed by atoms with Gasteiger partial charge in [0.2, 0.25) is 0 Å². The molecule has 0 aliphatic rings. The lowest BCUT2D eigenvalue weighted by Crippen LogP contribution is -1.93. The topological polar surface area (TPSA) is 89.4 Å². The van der Waals surface area contributed by atoms with E-state index >= 15 is 0 Å². The van der Waals surface area contributed by atoms with Crippen LogP contribution < -0.4 is 0 Å². The Balaban J connectivity index is 1.62. The lowest BCUT2D eigenvalue weighted by molar-refractivity contribution is -0.137. The number of aromatic nitrogens is 2. The van der Waals surface area contributed by atoms with Gasteiger partial charge in [-0.05, 0) is 99.6 Å². The number of rotatable bonds is 24. The first kappa shape index (κ1) is 32.9. The van der Waals surface area contributed by atoms with E-state index in [1.165, 1.54) is 43.2 Å². The molecule has 0 aliphatic carbocycles. The molecule has 2 aromatic heterocycles. The van der Waals surface area contributed by atoms with E-state index in [1.54, 1.807) is 0 Å². The zero-order valence-electron chi connectivity index (χ0n) is 24.1. The van der Waals surface area contributed by atoms with Crippen molar-refractivity contribution in [1.82, 2.24) is 9.97 Å². The molecule has 0 saturated carbocycles. The van der Waals surface area contributed by atoms with E-state index < -0.39 is 5.97 Å². The fourth-order valence-electron chi connectivity index (χ4n) is 4.61. The second-order valence-electron chi connectivity index (χ2n) is 10.3. The Morgan fingerprint density at radius 2 is 1.15 bits per heavy atom. The molecule has 2 aromatic rings. The number of allylic oxidation sites excluding steroid dienone is 4. The van der Waals surface area contributed by atoms with Gasteiger partial charge in [-0.25, -0.2) is 0 Å². The molecule has 0 aliphatic heterocycles. The maximum atomic E-state index is 10.5. The molecule has 2 rings (SSSR count). The van der Waals surface area contributed by atoms with Crippen LogP contribution in [-0.2, 0) is 27.2 Å². The van der Waals surface area contributed by atoms with Crippen molar-refractivity contribution in [2.24, 2.45) is 0 Å². The highest BCUT2D eigenvalue weighted by molar-refractivity contribution is 5.66. The molecule has 0 fully saturated rings. The van der Waals surface area contributed by atoms with Crippen LogP contribution in [0.25, 0.3) is 11.4 Å². The molecule has 0 bridgehead atoms. The summed E-state index contributed by atoms with van der Waals surface area (Å²) in [4.78, 5) is 29.8. The van der Waals surface area contributed by atoms with Crippen molar-refractivity contribution in [3.63, 3.8) is 0 Å². The van der Waals surface area contributed by atoms with Crippen LogP contribution in [0.1, 0.15) is 107 Å². The number of carbonyl (C=O) groups is 2. The third-order valence-corrected chi connectivity index (χ3v) is 6.91. The minimum absolute atomic E-state index is 0.293. The van der Waals surface area contributed by atoms with Gasteiger partial charge in [-0.1, -0.05) is 62.8 Å². The fraction of sp³-hybridized carbons (Fsp3) is 0.529. The van der Waals surface area contributed by atoms with E-state index in [9.17, 15) is 9.59 Å².